The van der Waals surface area contributed by atoms with E-state index in [1.54, 1.807) is 0 Å². The van der Waals surface area contributed by atoms with E-state index in [0.29, 0.717) is 12.6 Å². The quantitative estimate of drug-likeness (QED) is 0.853. The van der Waals surface area contributed by atoms with Crippen LogP contribution in [0.25, 0.3) is 0 Å². The Morgan fingerprint density at radius 1 is 1.50 bits per heavy atom. The lowest BCUT2D eigenvalue weighted by Gasteiger charge is -2.31. The van der Waals surface area contributed by atoms with Gasteiger partial charge in [-0.15, -0.1) is 11.3 Å². The molecule has 2 N–H and O–H groups in total. The number of nitrogens with two attached hydrogens (primary N) is 1. The third-order valence-electron chi connectivity index (χ3n) is 3.85. The minimum Gasteiger partial charge on any atom is -0.329 e. The zero-order valence-corrected chi connectivity index (χ0v) is 13.3. The molecule has 0 aromatic carbocycles. The van der Waals surface area contributed by atoms with Crippen molar-refractivity contribution >= 4 is 11.3 Å². The summed E-state index contributed by atoms with van der Waals surface area (Å²) < 4.78 is 1.95. The second kappa shape index (κ2) is 7.02. The van der Waals surface area contributed by atoms with Crippen LogP contribution in [0.15, 0.2) is 29.9 Å². The van der Waals surface area contributed by atoms with Crippen LogP contribution < -0.4 is 5.73 Å². The first-order chi connectivity index (χ1) is 9.65. The van der Waals surface area contributed by atoms with E-state index in [-0.39, 0.29) is 6.04 Å². The van der Waals surface area contributed by atoms with Gasteiger partial charge in [0.1, 0.15) is 0 Å². The van der Waals surface area contributed by atoms with E-state index in [0.717, 1.165) is 13.0 Å². The molecule has 4 nitrogen and oxygen atoms in total. The summed E-state index contributed by atoms with van der Waals surface area (Å²) in [6.07, 6.45) is 5.11. The van der Waals surface area contributed by atoms with Gasteiger partial charge in [-0.3, -0.25) is 9.58 Å². The average molecular weight is 292 g/mol. The van der Waals surface area contributed by atoms with Gasteiger partial charge in [-0.2, -0.15) is 5.10 Å². The molecule has 0 radical (unpaired) electrons. The van der Waals surface area contributed by atoms with Crippen molar-refractivity contribution in [1.82, 2.24) is 14.7 Å². The van der Waals surface area contributed by atoms with Crippen LogP contribution in [0.3, 0.4) is 0 Å². The highest BCUT2D eigenvalue weighted by atomic mass is 32.1. The minimum absolute atomic E-state index is 0.227. The number of hydrogen-bond donors (Lipinski definition) is 1. The van der Waals surface area contributed by atoms with Crippen LogP contribution in [-0.4, -0.2) is 34.3 Å². The monoisotopic (exact) mass is 292 g/mol. The van der Waals surface area contributed by atoms with Gasteiger partial charge in [0.15, 0.2) is 0 Å². The van der Waals surface area contributed by atoms with Crippen LogP contribution >= 0.6 is 11.3 Å². The van der Waals surface area contributed by atoms with Gasteiger partial charge in [0.25, 0.3) is 0 Å². The highest BCUT2D eigenvalue weighted by Gasteiger charge is 2.22. The molecule has 5 heteroatoms. The van der Waals surface area contributed by atoms with Gasteiger partial charge < -0.3 is 5.73 Å². The topological polar surface area (TPSA) is 47.1 Å². The molecule has 0 aliphatic rings. The lowest BCUT2D eigenvalue weighted by molar-refractivity contribution is 0.188. The molecule has 20 heavy (non-hydrogen) atoms. The Hall–Kier alpha value is -1.17. The zero-order valence-electron chi connectivity index (χ0n) is 12.5. The van der Waals surface area contributed by atoms with Crippen LogP contribution in [0.5, 0.6) is 0 Å². The van der Waals surface area contributed by atoms with E-state index in [2.05, 4.69) is 54.6 Å². The maximum Gasteiger partial charge on any atom is 0.0538 e. The predicted octanol–water partition coefficient (Wildman–Crippen LogP) is 2.53. The van der Waals surface area contributed by atoms with E-state index >= 15 is 0 Å². The number of nitrogens with zero attached hydrogens (tertiary/aromatic N) is 3. The standard InChI is InChI=1S/C15H24N4S/c1-4-19-11-13(10-17-19)15(9-16)18(3)12(2)8-14-6-5-7-20-14/h5-7,10-12,15H,4,8-9,16H2,1-3H3. The number of thiophene rings is 1. The molecule has 0 saturated heterocycles. The van der Waals surface area contributed by atoms with Gasteiger partial charge in [0, 0.05) is 35.8 Å². The fourth-order valence-electron chi connectivity index (χ4n) is 2.43. The number of rotatable bonds is 7. The Bertz CT molecular complexity index is 506. The van der Waals surface area contributed by atoms with Gasteiger partial charge >= 0.3 is 0 Å². The maximum absolute atomic E-state index is 5.99. The lowest BCUT2D eigenvalue weighted by atomic mass is 10.1. The van der Waals surface area contributed by atoms with E-state index < -0.39 is 0 Å². The molecule has 0 spiro atoms. The van der Waals surface area contributed by atoms with Gasteiger partial charge in [0.05, 0.1) is 12.2 Å². The Kier molecular flexibility index (Phi) is 5.34. The SMILES string of the molecule is CCn1cc(C(CN)N(C)C(C)Cc2cccs2)cn1. The third kappa shape index (κ3) is 3.48. The predicted molar refractivity (Wildman–Crippen MR) is 84.9 cm³/mol. The van der Waals surface area contributed by atoms with E-state index in [9.17, 15) is 0 Å². The smallest absolute Gasteiger partial charge is 0.0538 e. The van der Waals surface area contributed by atoms with E-state index in [1.165, 1.54) is 10.4 Å². The van der Waals surface area contributed by atoms with Gasteiger partial charge in [0.2, 0.25) is 0 Å². The molecule has 2 aromatic heterocycles. The van der Waals surface area contributed by atoms with Crippen LogP contribution in [-0.2, 0) is 13.0 Å². The van der Waals surface area contributed by atoms with Crippen LogP contribution in [0.4, 0.5) is 0 Å². The first-order valence-corrected chi connectivity index (χ1v) is 8.00. The van der Waals surface area contributed by atoms with Gasteiger partial charge in [-0.25, -0.2) is 0 Å². The summed E-state index contributed by atoms with van der Waals surface area (Å²) in [4.78, 5) is 3.78. The summed E-state index contributed by atoms with van der Waals surface area (Å²) in [5, 5.41) is 6.49. The lowest BCUT2D eigenvalue weighted by Crippen LogP contribution is -2.38. The van der Waals surface area contributed by atoms with Crippen molar-refractivity contribution < 1.29 is 0 Å². The van der Waals surface area contributed by atoms with Crippen LogP contribution in [0, 0.1) is 0 Å². The molecule has 2 unspecified atom stereocenters. The molecule has 0 aliphatic heterocycles. The normalized spacial score (nSPS) is 14.7. The molecular formula is C15H24N4S. The Morgan fingerprint density at radius 3 is 2.85 bits per heavy atom. The van der Waals surface area contributed by atoms with Crippen molar-refractivity contribution in [2.24, 2.45) is 5.73 Å². The average Bonchev–Trinajstić information content (AvgIpc) is 3.10. The van der Waals surface area contributed by atoms with Crippen molar-refractivity contribution in [3.8, 4) is 0 Å². The molecule has 110 valence electrons. The van der Waals surface area contributed by atoms with Crippen molar-refractivity contribution in [3.05, 3.63) is 40.3 Å². The molecule has 2 atom stereocenters. The van der Waals surface area contributed by atoms with E-state index in [1.807, 2.05) is 22.2 Å². The number of aromatic nitrogens is 2. The fraction of sp³-hybridized carbons (Fsp3) is 0.533. The Labute approximate surface area is 125 Å². The third-order valence-corrected chi connectivity index (χ3v) is 4.75. The summed E-state index contributed by atoms with van der Waals surface area (Å²) in [6.45, 7) is 5.86. The van der Waals surface area contributed by atoms with Crippen molar-refractivity contribution in [3.63, 3.8) is 0 Å². The molecule has 0 saturated carbocycles. The molecule has 0 amide bonds. The zero-order chi connectivity index (χ0) is 14.5. The maximum atomic E-state index is 5.99. The Balaban J connectivity index is 2.05. The molecule has 2 aromatic rings. The first-order valence-electron chi connectivity index (χ1n) is 7.12. The summed E-state index contributed by atoms with van der Waals surface area (Å²) in [6, 6.07) is 4.98. The number of likely N-dealkylation sites (N-methyl/N-ethyl adjacent to an activating group) is 1. The summed E-state index contributed by atoms with van der Waals surface area (Å²) in [5.74, 6) is 0. The van der Waals surface area contributed by atoms with E-state index in [4.69, 9.17) is 5.73 Å². The van der Waals surface area contributed by atoms with Crippen LogP contribution in [0.1, 0.15) is 30.3 Å². The molecule has 2 rings (SSSR count). The summed E-state index contributed by atoms with van der Waals surface area (Å²) >= 11 is 1.82. The highest BCUT2D eigenvalue weighted by molar-refractivity contribution is 7.09. The van der Waals surface area contributed by atoms with Crippen molar-refractivity contribution in [2.75, 3.05) is 13.6 Å². The highest BCUT2D eigenvalue weighted by Crippen LogP contribution is 2.22. The van der Waals surface area contributed by atoms with Gasteiger partial charge in [-0.1, -0.05) is 6.07 Å². The summed E-state index contributed by atoms with van der Waals surface area (Å²) in [7, 11) is 2.15. The van der Waals surface area contributed by atoms with Crippen LogP contribution in [0.2, 0.25) is 0 Å². The summed E-state index contributed by atoms with van der Waals surface area (Å²) in [5.41, 5.74) is 7.20. The second-order valence-electron chi connectivity index (χ2n) is 5.18. The molecule has 2 heterocycles. The number of aryl methyl sites for hydroxylation is 1. The first kappa shape index (κ1) is 15.2. The van der Waals surface area contributed by atoms with Crippen molar-refractivity contribution in [2.45, 2.75) is 38.9 Å². The molecule has 0 fully saturated rings. The largest absolute Gasteiger partial charge is 0.329 e. The second-order valence-corrected chi connectivity index (χ2v) is 6.21. The fourth-order valence-corrected chi connectivity index (χ4v) is 3.26. The molecule has 0 aliphatic carbocycles. The molecule has 0 bridgehead atoms. The van der Waals surface area contributed by atoms with Gasteiger partial charge in [-0.05, 0) is 38.8 Å². The Morgan fingerprint density at radius 2 is 2.30 bits per heavy atom. The molecular weight excluding hydrogens is 268 g/mol. The minimum atomic E-state index is 0.227. The number of hydrogen-bond acceptors (Lipinski definition) is 4. The van der Waals surface area contributed by atoms with Crippen molar-refractivity contribution in [1.29, 1.82) is 0 Å².